The summed E-state index contributed by atoms with van der Waals surface area (Å²) in [5, 5.41) is 4.67. The first-order chi connectivity index (χ1) is 22.6. The number of rotatable bonds is 12. The van der Waals surface area contributed by atoms with Crippen LogP contribution in [-0.2, 0) is 9.53 Å². The number of esters is 1. The van der Waals surface area contributed by atoms with E-state index in [0.717, 1.165) is 35.3 Å². The fourth-order valence-corrected chi connectivity index (χ4v) is 4.21. The van der Waals surface area contributed by atoms with E-state index in [1.807, 2.05) is 26.0 Å². The maximum Gasteiger partial charge on any atom is 0.499 e. The van der Waals surface area contributed by atoms with Crippen molar-refractivity contribution in [2.45, 2.75) is 40.0 Å². The number of hydrogen-bond acceptors (Lipinski definition) is 8. The van der Waals surface area contributed by atoms with Crippen LogP contribution in [0.1, 0.15) is 36.1 Å². The van der Waals surface area contributed by atoms with Crippen LogP contribution in [0.5, 0.6) is 11.5 Å². The van der Waals surface area contributed by atoms with Crippen LogP contribution >= 0.6 is 11.8 Å². The standard InChI is InChI=1S/C32H33F5N6O4S/c1-19(2)29(44)46-18-48-30(42-27-20(3)14-26(45-5)15-21(27)4)43-41-16-22-6-8-23(9-7-22)28(38)40-17-39-24-10-12-25(13-11-24)47-32(36,37)31(33,34)35/h6-17,19H,18H2,1-5H3,(H,42,43)(H2,38,39,40)/b41-16+. The number of aliphatic imine (C=N–C) groups is 3. The molecule has 48 heavy (non-hydrogen) atoms. The summed E-state index contributed by atoms with van der Waals surface area (Å²) in [5.41, 5.74) is 12.9. The summed E-state index contributed by atoms with van der Waals surface area (Å²) >= 11 is 1.17. The molecule has 0 heterocycles. The maximum absolute atomic E-state index is 13.0. The van der Waals surface area contributed by atoms with Gasteiger partial charge in [-0.15, -0.1) is 0 Å². The number of carbonyl (C=O) groups is 1. The summed E-state index contributed by atoms with van der Waals surface area (Å²) in [5.74, 6) is -0.443. The predicted molar refractivity (Wildman–Crippen MR) is 177 cm³/mol. The predicted octanol–water partition coefficient (Wildman–Crippen LogP) is 7.41. The zero-order chi connectivity index (χ0) is 35.5. The van der Waals surface area contributed by atoms with Crippen LogP contribution < -0.4 is 20.6 Å². The fraction of sp³-hybridized carbons (Fsp3) is 0.281. The minimum absolute atomic E-state index is 0.0316. The normalized spacial score (nSPS) is 13.0. The Morgan fingerprint density at radius 1 is 0.979 bits per heavy atom. The Morgan fingerprint density at radius 3 is 2.17 bits per heavy atom. The van der Waals surface area contributed by atoms with Gasteiger partial charge in [-0.1, -0.05) is 38.1 Å². The fourth-order valence-electron chi connectivity index (χ4n) is 3.65. The van der Waals surface area contributed by atoms with Gasteiger partial charge in [0, 0.05) is 5.56 Å². The Bertz CT molecular complexity index is 1650. The van der Waals surface area contributed by atoms with Crippen molar-refractivity contribution in [3.63, 3.8) is 0 Å². The van der Waals surface area contributed by atoms with E-state index in [-0.39, 0.29) is 29.3 Å². The van der Waals surface area contributed by atoms with E-state index < -0.39 is 18.0 Å². The van der Waals surface area contributed by atoms with Gasteiger partial charge in [-0.3, -0.25) is 10.2 Å². The lowest BCUT2D eigenvalue weighted by molar-refractivity contribution is -0.360. The minimum atomic E-state index is -5.85. The van der Waals surface area contributed by atoms with E-state index in [0.29, 0.717) is 22.0 Å². The number of nitrogens with zero attached hydrogens (tertiary/aromatic N) is 4. The van der Waals surface area contributed by atoms with E-state index >= 15 is 0 Å². The topological polar surface area (TPSA) is 132 Å². The molecule has 3 aromatic rings. The molecule has 3 rings (SSSR count). The molecule has 0 fully saturated rings. The molecule has 0 radical (unpaired) electrons. The Hall–Kier alpha value is -4.99. The molecule has 0 aromatic heterocycles. The molecule has 256 valence electrons. The van der Waals surface area contributed by atoms with Crippen LogP contribution in [0, 0.1) is 19.8 Å². The first-order valence-corrected chi connectivity index (χ1v) is 15.1. The van der Waals surface area contributed by atoms with E-state index in [4.69, 9.17) is 20.2 Å². The maximum atomic E-state index is 13.0. The zero-order valence-corrected chi connectivity index (χ0v) is 27.3. The molecule has 0 amide bonds. The molecular formula is C32H33F5N6O4S. The van der Waals surface area contributed by atoms with Gasteiger partial charge < -0.3 is 19.9 Å². The molecule has 0 aliphatic heterocycles. The van der Waals surface area contributed by atoms with Gasteiger partial charge >= 0.3 is 18.3 Å². The highest BCUT2D eigenvalue weighted by Crippen LogP contribution is 2.37. The summed E-state index contributed by atoms with van der Waals surface area (Å²) in [6.07, 6.45) is -8.51. The van der Waals surface area contributed by atoms with Crippen molar-refractivity contribution in [3.8, 4) is 11.5 Å². The molecule has 0 saturated carbocycles. The second-order valence-electron chi connectivity index (χ2n) is 10.3. The largest absolute Gasteiger partial charge is 0.499 e. The van der Waals surface area contributed by atoms with Gasteiger partial charge in [0.15, 0.2) is 5.17 Å². The van der Waals surface area contributed by atoms with Crippen molar-refractivity contribution >= 4 is 52.7 Å². The number of amidine groups is 2. The average Bonchev–Trinajstić information content (AvgIpc) is 3.02. The Labute approximate surface area is 278 Å². The number of thioether (sulfide) groups is 1. The van der Waals surface area contributed by atoms with Crippen LogP contribution in [-0.4, -0.2) is 54.9 Å². The molecule has 0 saturated heterocycles. The van der Waals surface area contributed by atoms with Gasteiger partial charge in [0.2, 0.25) is 0 Å². The first-order valence-electron chi connectivity index (χ1n) is 14.1. The summed E-state index contributed by atoms with van der Waals surface area (Å²) in [6, 6.07) is 14.8. The van der Waals surface area contributed by atoms with Gasteiger partial charge in [-0.2, -0.15) is 27.1 Å². The molecule has 3 N–H and O–H groups in total. The number of methoxy groups -OCH3 is 1. The number of hydrogen-bond donors (Lipinski definition) is 2. The number of benzene rings is 3. The summed E-state index contributed by atoms with van der Waals surface area (Å²) in [7, 11) is 1.59. The molecule has 0 aliphatic carbocycles. The third-order valence-electron chi connectivity index (χ3n) is 6.18. The van der Waals surface area contributed by atoms with Gasteiger partial charge in [0.25, 0.3) is 0 Å². The highest BCUT2D eigenvalue weighted by molar-refractivity contribution is 8.13. The van der Waals surface area contributed by atoms with Crippen molar-refractivity contribution in [1.82, 2.24) is 5.43 Å². The van der Waals surface area contributed by atoms with Crippen LogP contribution in [0.4, 0.5) is 33.3 Å². The van der Waals surface area contributed by atoms with Gasteiger partial charge in [0.05, 0.1) is 30.6 Å². The second-order valence-corrected chi connectivity index (χ2v) is 11.2. The third-order valence-corrected chi connectivity index (χ3v) is 6.87. The van der Waals surface area contributed by atoms with Gasteiger partial charge in [0.1, 0.15) is 29.6 Å². The highest BCUT2D eigenvalue weighted by atomic mass is 32.2. The van der Waals surface area contributed by atoms with Crippen molar-refractivity contribution in [1.29, 1.82) is 0 Å². The number of aryl methyl sites for hydroxylation is 2. The third kappa shape index (κ3) is 11.1. The van der Waals surface area contributed by atoms with Crippen molar-refractivity contribution in [2.24, 2.45) is 31.7 Å². The van der Waals surface area contributed by atoms with Crippen LogP contribution in [0.3, 0.4) is 0 Å². The number of alkyl halides is 5. The number of nitrogens with one attached hydrogen (secondary N) is 1. The number of carbonyl (C=O) groups excluding carboxylic acids is 1. The molecule has 16 heteroatoms. The number of ether oxygens (including phenoxy) is 3. The Balaban J connectivity index is 1.66. The molecular weight excluding hydrogens is 659 g/mol. The summed E-state index contributed by atoms with van der Waals surface area (Å²) in [6.45, 7) is 7.30. The minimum Gasteiger partial charge on any atom is -0.497 e. The highest BCUT2D eigenvalue weighted by Gasteiger charge is 2.61. The van der Waals surface area contributed by atoms with E-state index in [1.54, 1.807) is 51.4 Å². The smallest absolute Gasteiger partial charge is 0.497 e. The Morgan fingerprint density at radius 2 is 1.60 bits per heavy atom. The van der Waals surface area contributed by atoms with Gasteiger partial charge in [-0.25, -0.2) is 15.0 Å². The Kier molecular flexibility index (Phi) is 13.0. The van der Waals surface area contributed by atoms with Crippen molar-refractivity contribution < 1.29 is 41.0 Å². The number of halogens is 5. The second kappa shape index (κ2) is 16.7. The molecule has 0 bridgehead atoms. The average molecular weight is 693 g/mol. The summed E-state index contributed by atoms with van der Waals surface area (Å²) < 4.78 is 77.4. The number of nitrogens with two attached hydrogens (primary N) is 1. The van der Waals surface area contributed by atoms with E-state index in [2.05, 4.69) is 25.2 Å². The summed E-state index contributed by atoms with van der Waals surface area (Å²) in [4.78, 5) is 24.6. The van der Waals surface area contributed by atoms with Gasteiger partial charge in [-0.05, 0) is 78.7 Å². The molecule has 3 aromatic carbocycles. The van der Waals surface area contributed by atoms with Crippen LogP contribution in [0.15, 0.2) is 80.7 Å². The lowest BCUT2D eigenvalue weighted by Gasteiger charge is -2.20. The monoisotopic (exact) mass is 692 g/mol. The quantitative estimate of drug-likeness (QED) is 0.0505. The zero-order valence-electron chi connectivity index (χ0n) is 26.5. The molecule has 0 atom stereocenters. The molecule has 10 nitrogen and oxygen atoms in total. The van der Waals surface area contributed by atoms with E-state index in [9.17, 15) is 26.7 Å². The number of hydrazone groups is 1. The van der Waals surface area contributed by atoms with Crippen LogP contribution in [0.25, 0.3) is 0 Å². The molecule has 0 spiro atoms. The molecule has 0 aliphatic rings. The van der Waals surface area contributed by atoms with Crippen molar-refractivity contribution in [3.05, 3.63) is 82.9 Å². The lowest BCUT2D eigenvalue weighted by Crippen LogP contribution is -2.41. The van der Waals surface area contributed by atoms with Crippen molar-refractivity contribution in [2.75, 3.05) is 13.0 Å². The van der Waals surface area contributed by atoms with Crippen LogP contribution in [0.2, 0.25) is 0 Å². The molecule has 0 unspecified atom stereocenters. The SMILES string of the molecule is COc1cc(C)c(N=C(N/N=C/c2ccc(C(N)=NC=Nc3ccc(OC(F)(F)C(F)(F)F)cc3)cc2)SCOC(=O)C(C)C)c(C)c1. The van der Waals surface area contributed by atoms with E-state index in [1.165, 1.54) is 23.9 Å². The lowest BCUT2D eigenvalue weighted by atomic mass is 10.1. The first kappa shape index (κ1) is 37.5.